The third kappa shape index (κ3) is 6.48. The molecule has 0 N–H and O–H groups in total. The van der Waals surface area contributed by atoms with Gasteiger partial charge in [-0.3, -0.25) is 9.59 Å². The Bertz CT molecular complexity index is 730. The fourth-order valence-corrected chi connectivity index (χ4v) is 3.74. The molecule has 0 unspecified atom stereocenters. The SMILES string of the molecule is CCCN(CC(=O)N(Cc1ccccc1)Cc1sccc1C)C(=O)COC. The highest BCUT2D eigenvalue weighted by molar-refractivity contribution is 7.10. The van der Waals surface area contributed by atoms with Gasteiger partial charge in [0.25, 0.3) is 0 Å². The average Bonchev–Trinajstić information content (AvgIpc) is 3.06. The van der Waals surface area contributed by atoms with E-state index in [2.05, 4.69) is 13.0 Å². The van der Waals surface area contributed by atoms with Crippen molar-refractivity contribution < 1.29 is 14.3 Å². The topological polar surface area (TPSA) is 49.9 Å². The molecule has 0 aliphatic rings. The Kier molecular flexibility index (Phi) is 8.48. The van der Waals surface area contributed by atoms with Crippen molar-refractivity contribution in [1.82, 2.24) is 9.80 Å². The molecule has 0 saturated heterocycles. The summed E-state index contributed by atoms with van der Waals surface area (Å²) in [6.45, 7) is 5.75. The highest BCUT2D eigenvalue weighted by Gasteiger charge is 2.22. The van der Waals surface area contributed by atoms with Crippen LogP contribution in [0.2, 0.25) is 0 Å². The Labute approximate surface area is 165 Å². The number of carbonyl (C=O) groups excluding carboxylic acids is 2. The van der Waals surface area contributed by atoms with Crippen LogP contribution in [0.5, 0.6) is 0 Å². The number of ether oxygens (including phenoxy) is 1. The van der Waals surface area contributed by atoms with Crippen LogP contribution in [0.3, 0.4) is 0 Å². The fraction of sp³-hybridized carbons (Fsp3) is 0.429. The minimum atomic E-state index is -0.153. The second-order valence-corrected chi connectivity index (χ2v) is 7.51. The summed E-state index contributed by atoms with van der Waals surface area (Å²) in [6.07, 6.45) is 0.797. The molecule has 0 bridgehead atoms. The van der Waals surface area contributed by atoms with Crippen molar-refractivity contribution in [1.29, 1.82) is 0 Å². The number of benzene rings is 1. The lowest BCUT2D eigenvalue weighted by atomic mass is 10.2. The smallest absolute Gasteiger partial charge is 0.249 e. The zero-order valence-electron chi connectivity index (χ0n) is 16.3. The van der Waals surface area contributed by atoms with Crippen molar-refractivity contribution in [2.24, 2.45) is 0 Å². The van der Waals surface area contributed by atoms with Crippen LogP contribution < -0.4 is 0 Å². The van der Waals surface area contributed by atoms with Gasteiger partial charge in [0.1, 0.15) is 6.61 Å². The zero-order valence-corrected chi connectivity index (χ0v) is 17.1. The van der Waals surface area contributed by atoms with Gasteiger partial charge in [-0.15, -0.1) is 11.3 Å². The van der Waals surface area contributed by atoms with Crippen molar-refractivity contribution in [3.63, 3.8) is 0 Å². The summed E-state index contributed by atoms with van der Waals surface area (Å²) in [5.41, 5.74) is 2.26. The van der Waals surface area contributed by atoms with Gasteiger partial charge in [0.2, 0.25) is 11.8 Å². The number of aryl methyl sites for hydroxylation is 1. The molecule has 0 atom stereocenters. The maximum absolute atomic E-state index is 13.1. The minimum absolute atomic E-state index is 0.00397. The maximum atomic E-state index is 13.1. The van der Waals surface area contributed by atoms with E-state index in [0.717, 1.165) is 12.0 Å². The molecule has 0 aliphatic heterocycles. The van der Waals surface area contributed by atoms with Gasteiger partial charge in [0, 0.05) is 25.1 Å². The summed E-state index contributed by atoms with van der Waals surface area (Å²) in [5.74, 6) is -0.204. The minimum Gasteiger partial charge on any atom is -0.375 e. The molecule has 2 amide bonds. The van der Waals surface area contributed by atoms with E-state index < -0.39 is 0 Å². The lowest BCUT2D eigenvalue weighted by Gasteiger charge is -2.27. The fourth-order valence-electron chi connectivity index (χ4n) is 2.82. The Morgan fingerprint density at radius 3 is 2.37 bits per heavy atom. The first-order chi connectivity index (χ1) is 13.0. The molecule has 6 heteroatoms. The maximum Gasteiger partial charge on any atom is 0.249 e. The summed E-state index contributed by atoms with van der Waals surface area (Å²) in [5, 5.41) is 2.04. The predicted octanol–water partition coefficient (Wildman–Crippen LogP) is 3.47. The van der Waals surface area contributed by atoms with Crippen molar-refractivity contribution in [3.8, 4) is 0 Å². The van der Waals surface area contributed by atoms with Crippen LogP contribution in [0, 0.1) is 6.92 Å². The number of thiophene rings is 1. The van der Waals surface area contributed by atoms with E-state index in [1.54, 1.807) is 16.2 Å². The largest absolute Gasteiger partial charge is 0.375 e. The van der Waals surface area contributed by atoms with E-state index in [1.807, 2.05) is 47.5 Å². The van der Waals surface area contributed by atoms with Crippen molar-refractivity contribution in [2.45, 2.75) is 33.4 Å². The Hall–Kier alpha value is -2.18. The Balaban J connectivity index is 2.15. The lowest BCUT2D eigenvalue weighted by molar-refractivity contribution is -0.143. The van der Waals surface area contributed by atoms with Gasteiger partial charge >= 0.3 is 0 Å². The van der Waals surface area contributed by atoms with E-state index in [-0.39, 0.29) is 25.0 Å². The van der Waals surface area contributed by atoms with Crippen LogP contribution in [-0.4, -0.2) is 48.4 Å². The number of hydrogen-bond donors (Lipinski definition) is 0. The van der Waals surface area contributed by atoms with Gasteiger partial charge < -0.3 is 14.5 Å². The standard InChI is InChI=1S/C21H28N2O3S/c1-4-11-22(21(25)16-26-3)15-20(24)23(13-18-8-6-5-7-9-18)14-19-17(2)10-12-27-19/h5-10,12H,4,11,13-16H2,1-3H3. The normalized spacial score (nSPS) is 10.6. The first kappa shape index (κ1) is 21.1. The Morgan fingerprint density at radius 1 is 1.04 bits per heavy atom. The average molecular weight is 389 g/mol. The number of amides is 2. The third-order valence-electron chi connectivity index (χ3n) is 4.31. The number of carbonyl (C=O) groups is 2. The van der Waals surface area contributed by atoms with E-state index in [9.17, 15) is 9.59 Å². The van der Waals surface area contributed by atoms with Gasteiger partial charge in [-0.1, -0.05) is 37.3 Å². The monoisotopic (exact) mass is 388 g/mol. The number of hydrogen-bond acceptors (Lipinski definition) is 4. The molecule has 2 aromatic rings. The molecular formula is C21H28N2O3S. The molecule has 2 rings (SSSR count). The molecule has 0 spiro atoms. The van der Waals surface area contributed by atoms with Crippen LogP contribution >= 0.6 is 11.3 Å². The van der Waals surface area contributed by atoms with Crippen molar-refractivity contribution in [2.75, 3.05) is 26.8 Å². The quantitative estimate of drug-likeness (QED) is 0.626. The number of rotatable bonds is 10. The van der Waals surface area contributed by atoms with E-state index in [1.165, 1.54) is 17.6 Å². The summed E-state index contributed by atoms with van der Waals surface area (Å²) in [6, 6.07) is 12.0. The molecule has 27 heavy (non-hydrogen) atoms. The molecule has 146 valence electrons. The van der Waals surface area contributed by atoms with E-state index >= 15 is 0 Å². The van der Waals surface area contributed by atoms with Crippen LogP contribution in [0.1, 0.15) is 29.3 Å². The zero-order chi connectivity index (χ0) is 19.6. The van der Waals surface area contributed by atoms with E-state index in [4.69, 9.17) is 4.74 Å². The molecule has 1 heterocycles. The summed E-state index contributed by atoms with van der Waals surface area (Å²) in [4.78, 5) is 29.9. The second-order valence-electron chi connectivity index (χ2n) is 6.51. The third-order valence-corrected chi connectivity index (χ3v) is 5.32. The van der Waals surface area contributed by atoms with Gasteiger partial charge in [-0.05, 0) is 35.9 Å². The lowest BCUT2D eigenvalue weighted by Crippen LogP contribution is -2.44. The summed E-state index contributed by atoms with van der Waals surface area (Å²) in [7, 11) is 1.49. The molecule has 5 nitrogen and oxygen atoms in total. The first-order valence-corrected chi connectivity index (χ1v) is 10.0. The molecular weight excluding hydrogens is 360 g/mol. The Morgan fingerprint density at radius 2 is 1.78 bits per heavy atom. The molecule has 0 aliphatic carbocycles. The molecule has 0 radical (unpaired) electrons. The van der Waals surface area contributed by atoms with E-state index in [0.29, 0.717) is 19.6 Å². The summed E-state index contributed by atoms with van der Waals surface area (Å²) < 4.78 is 4.96. The van der Waals surface area contributed by atoms with Gasteiger partial charge in [-0.2, -0.15) is 0 Å². The summed E-state index contributed by atoms with van der Waals surface area (Å²) >= 11 is 1.65. The van der Waals surface area contributed by atoms with Crippen molar-refractivity contribution in [3.05, 3.63) is 57.8 Å². The van der Waals surface area contributed by atoms with Crippen LogP contribution in [0.25, 0.3) is 0 Å². The number of methoxy groups -OCH3 is 1. The van der Waals surface area contributed by atoms with Crippen LogP contribution in [0.4, 0.5) is 0 Å². The van der Waals surface area contributed by atoms with Crippen molar-refractivity contribution >= 4 is 23.2 Å². The first-order valence-electron chi connectivity index (χ1n) is 9.16. The molecule has 0 saturated carbocycles. The molecule has 1 aromatic heterocycles. The van der Waals surface area contributed by atoms with Gasteiger partial charge in [-0.25, -0.2) is 0 Å². The van der Waals surface area contributed by atoms with Crippen LogP contribution in [-0.2, 0) is 27.4 Å². The highest BCUT2D eigenvalue weighted by atomic mass is 32.1. The highest BCUT2D eigenvalue weighted by Crippen LogP contribution is 2.19. The molecule has 1 aromatic carbocycles. The molecule has 0 fully saturated rings. The van der Waals surface area contributed by atoms with Gasteiger partial charge in [0.05, 0.1) is 13.1 Å². The number of nitrogens with zero attached hydrogens (tertiary/aromatic N) is 2. The van der Waals surface area contributed by atoms with Crippen LogP contribution in [0.15, 0.2) is 41.8 Å². The predicted molar refractivity (Wildman–Crippen MR) is 108 cm³/mol. The van der Waals surface area contributed by atoms with Gasteiger partial charge in [0.15, 0.2) is 0 Å². The second kappa shape index (κ2) is 10.8.